The third kappa shape index (κ3) is 3.03. The van der Waals surface area contributed by atoms with Crippen LogP contribution >= 0.6 is 0 Å². The molecule has 1 aliphatic rings. The van der Waals surface area contributed by atoms with E-state index in [9.17, 15) is 4.79 Å². The highest BCUT2D eigenvalue weighted by atomic mass is 16.7. The number of benzene rings is 2. The van der Waals surface area contributed by atoms with Crippen molar-refractivity contribution in [3.8, 4) is 11.5 Å². The van der Waals surface area contributed by atoms with E-state index in [0.717, 1.165) is 16.6 Å². The molecule has 7 nitrogen and oxygen atoms in total. The molecule has 0 bridgehead atoms. The molecule has 0 amide bonds. The van der Waals surface area contributed by atoms with Crippen LogP contribution in [0.1, 0.15) is 5.56 Å². The van der Waals surface area contributed by atoms with Crippen LogP contribution in [-0.4, -0.2) is 21.3 Å². The average molecular weight is 372 g/mol. The Hall–Kier alpha value is -3.87. The molecule has 0 saturated heterocycles. The molecule has 0 saturated carbocycles. The topological polar surface area (TPSA) is 78.3 Å². The Morgan fingerprint density at radius 1 is 1.00 bits per heavy atom. The zero-order valence-electron chi connectivity index (χ0n) is 14.8. The number of ether oxygens (including phenoxy) is 2. The van der Waals surface area contributed by atoms with Gasteiger partial charge in [0.15, 0.2) is 11.5 Å². The standard InChI is InChI=1S/C21H16N4O3/c26-19-9-7-15-11-22-21(23-16-4-2-1-3-5-16)24-20(15)25(19)12-14-6-8-17-18(10-14)28-13-27-17/h1-11H,12-13H2,(H,22,23,24). The number of hydrogen-bond acceptors (Lipinski definition) is 6. The molecule has 2 aromatic heterocycles. The summed E-state index contributed by atoms with van der Waals surface area (Å²) in [6, 6.07) is 18.6. The Bertz CT molecular complexity index is 1220. The molecule has 3 heterocycles. The van der Waals surface area contributed by atoms with E-state index in [1.54, 1.807) is 16.8 Å². The van der Waals surface area contributed by atoms with Crippen LogP contribution in [-0.2, 0) is 6.54 Å². The zero-order valence-corrected chi connectivity index (χ0v) is 14.8. The minimum atomic E-state index is -0.130. The summed E-state index contributed by atoms with van der Waals surface area (Å²) in [6.07, 6.45) is 1.71. The fraction of sp³-hybridized carbons (Fsp3) is 0.0952. The number of nitrogens with zero attached hydrogens (tertiary/aromatic N) is 3. The van der Waals surface area contributed by atoms with Gasteiger partial charge in [0.05, 0.1) is 6.54 Å². The summed E-state index contributed by atoms with van der Waals surface area (Å²) < 4.78 is 12.4. The van der Waals surface area contributed by atoms with Crippen LogP contribution < -0.4 is 20.3 Å². The van der Waals surface area contributed by atoms with E-state index < -0.39 is 0 Å². The van der Waals surface area contributed by atoms with Gasteiger partial charge in [-0.05, 0) is 35.9 Å². The third-order valence-corrected chi connectivity index (χ3v) is 4.53. The van der Waals surface area contributed by atoms with Gasteiger partial charge in [0.2, 0.25) is 12.7 Å². The molecule has 0 unspecified atom stereocenters. The van der Waals surface area contributed by atoms with E-state index in [1.165, 1.54) is 6.07 Å². The largest absolute Gasteiger partial charge is 0.454 e. The van der Waals surface area contributed by atoms with Crippen molar-refractivity contribution in [1.29, 1.82) is 0 Å². The fourth-order valence-corrected chi connectivity index (χ4v) is 3.16. The highest BCUT2D eigenvalue weighted by molar-refractivity contribution is 5.75. The molecule has 2 aromatic carbocycles. The predicted octanol–water partition coefficient (Wildman–Crippen LogP) is 3.31. The van der Waals surface area contributed by atoms with Crippen LogP contribution in [0, 0.1) is 0 Å². The van der Waals surface area contributed by atoms with Crippen LogP contribution in [0.3, 0.4) is 0 Å². The molecule has 138 valence electrons. The quantitative estimate of drug-likeness (QED) is 0.592. The van der Waals surface area contributed by atoms with Gasteiger partial charge < -0.3 is 14.8 Å². The summed E-state index contributed by atoms with van der Waals surface area (Å²) in [4.78, 5) is 21.5. The van der Waals surface area contributed by atoms with Crippen molar-refractivity contribution in [3.05, 3.63) is 82.8 Å². The van der Waals surface area contributed by atoms with Crippen LogP contribution in [0.5, 0.6) is 11.5 Å². The van der Waals surface area contributed by atoms with Crippen LogP contribution in [0.15, 0.2) is 71.7 Å². The van der Waals surface area contributed by atoms with E-state index in [4.69, 9.17) is 9.47 Å². The number of rotatable bonds is 4. The van der Waals surface area contributed by atoms with E-state index in [-0.39, 0.29) is 12.4 Å². The predicted molar refractivity (Wildman–Crippen MR) is 105 cm³/mol. The lowest BCUT2D eigenvalue weighted by Gasteiger charge is -2.11. The summed E-state index contributed by atoms with van der Waals surface area (Å²) in [6.45, 7) is 0.587. The lowest BCUT2D eigenvalue weighted by atomic mass is 10.2. The Kier molecular flexibility index (Phi) is 3.90. The lowest BCUT2D eigenvalue weighted by molar-refractivity contribution is 0.174. The number of anilines is 2. The normalized spacial score (nSPS) is 12.3. The number of hydrogen-bond donors (Lipinski definition) is 1. The monoisotopic (exact) mass is 372 g/mol. The van der Waals surface area contributed by atoms with Gasteiger partial charge in [-0.15, -0.1) is 0 Å². The molecular formula is C21H16N4O3. The maximum atomic E-state index is 12.6. The maximum absolute atomic E-state index is 12.6. The fourth-order valence-electron chi connectivity index (χ4n) is 3.16. The first-order valence-corrected chi connectivity index (χ1v) is 8.83. The van der Waals surface area contributed by atoms with Gasteiger partial charge in [-0.3, -0.25) is 9.36 Å². The van der Waals surface area contributed by atoms with Gasteiger partial charge in [-0.25, -0.2) is 4.98 Å². The molecule has 0 atom stereocenters. The Morgan fingerprint density at radius 3 is 2.75 bits per heavy atom. The molecule has 5 rings (SSSR count). The first kappa shape index (κ1) is 16.3. The highest BCUT2D eigenvalue weighted by Crippen LogP contribution is 2.32. The SMILES string of the molecule is O=c1ccc2cnc(Nc3ccccc3)nc2n1Cc1ccc2c(c1)OCO2. The van der Waals surface area contributed by atoms with Gasteiger partial charge >= 0.3 is 0 Å². The second-order valence-corrected chi connectivity index (χ2v) is 6.41. The molecule has 28 heavy (non-hydrogen) atoms. The van der Waals surface area contributed by atoms with Crippen molar-refractivity contribution in [2.75, 3.05) is 12.1 Å². The Labute approximate surface area is 160 Å². The average Bonchev–Trinajstić information content (AvgIpc) is 3.19. The van der Waals surface area contributed by atoms with Gasteiger partial charge in [0, 0.05) is 23.3 Å². The summed E-state index contributed by atoms with van der Waals surface area (Å²) in [5, 5.41) is 3.96. The number of fused-ring (bicyclic) bond motifs is 2. The molecule has 0 fully saturated rings. The Balaban J connectivity index is 1.54. The van der Waals surface area contributed by atoms with Crippen LogP contribution in [0.25, 0.3) is 11.0 Å². The van der Waals surface area contributed by atoms with E-state index >= 15 is 0 Å². The van der Waals surface area contributed by atoms with E-state index in [2.05, 4.69) is 15.3 Å². The smallest absolute Gasteiger partial charge is 0.252 e. The molecule has 0 aliphatic carbocycles. The molecule has 7 heteroatoms. The molecule has 4 aromatic rings. The third-order valence-electron chi connectivity index (χ3n) is 4.53. The van der Waals surface area contributed by atoms with Gasteiger partial charge in [-0.1, -0.05) is 24.3 Å². The summed E-state index contributed by atoms with van der Waals surface area (Å²) in [7, 11) is 0. The van der Waals surface area contributed by atoms with Crippen molar-refractivity contribution in [1.82, 2.24) is 14.5 Å². The lowest BCUT2D eigenvalue weighted by Crippen LogP contribution is -2.21. The molecule has 0 spiro atoms. The number of pyridine rings is 1. The first-order valence-electron chi connectivity index (χ1n) is 8.83. The van der Waals surface area contributed by atoms with E-state index in [1.807, 2.05) is 48.5 Å². The second kappa shape index (κ2) is 6.70. The molecule has 1 N–H and O–H groups in total. The van der Waals surface area contributed by atoms with Gasteiger partial charge in [0.1, 0.15) is 5.65 Å². The van der Waals surface area contributed by atoms with Crippen molar-refractivity contribution >= 4 is 22.7 Å². The molecular weight excluding hydrogens is 356 g/mol. The number of para-hydroxylation sites is 1. The number of nitrogens with one attached hydrogen (secondary N) is 1. The zero-order chi connectivity index (χ0) is 18.9. The summed E-state index contributed by atoms with van der Waals surface area (Å²) in [5.74, 6) is 1.83. The van der Waals surface area contributed by atoms with E-state index in [0.29, 0.717) is 29.6 Å². The first-order chi connectivity index (χ1) is 13.8. The van der Waals surface area contributed by atoms with Crippen molar-refractivity contribution in [2.24, 2.45) is 0 Å². The Morgan fingerprint density at radius 2 is 1.86 bits per heavy atom. The molecule has 1 aliphatic heterocycles. The minimum Gasteiger partial charge on any atom is -0.454 e. The van der Waals surface area contributed by atoms with Crippen molar-refractivity contribution < 1.29 is 9.47 Å². The second-order valence-electron chi connectivity index (χ2n) is 6.41. The number of aromatic nitrogens is 3. The highest BCUT2D eigenvalue weighted by Gasteiger charge is 2.14. The van der Waals surface area contributed by atoms with Gasteiger partial charge in [-0.2, -0.15) is 4.98 Å². The minimum absolute atomic E-state index is 0.130. The van der Waals surface area contributed by atoms with Crippen molar-refractivity contribution in [3.63, 3.8) is 0 Å². The van der Waals surface area contributed by atoms with Gasteiger partial charge in [0.25, 0.3) is 5.56 Å². The maximum Gasteiger partial charge on any atom is 0.252 e. The summed E-state index contributed by atoms with van der Waals surface area (Å²) in [5.41, 5.74) is 2.24. The molecule has 0 radical (unpaired) electrons. The van der Waals surface area contributed by atoms with Crippen LogP contribution in [0.4, 0.5) is 11.6 Å². The summed E-state index contributed by atoms with van der Waals surface area (Å²) >= 11 is 0. The van der Waals surface area contributed by atoms with Crippen LogP contribution in [0.2, 0.25) is 0 Å². The van der Waals surface area contributed by atoms with Crippen molar-refractivity contribution in [2.45, 2.75) is 6.54 Å².